The van der Waals surface area contributed by atoms with E-state index >= 15 is 0 Å². The summed E-state index contributed by atoms with van der Waals surface area (Å²) in [6.07, 6.45) is 3.52. The Bertz CT molecular complexity index is 204. The Hall–Kier alpha value is 0.0700. The fourth-order valence-electron chi connectivity index (χ4n) is 2.00. The van der Waals surface area contributed by atoms with Crippen LogP contribution >= 0.6 is 24.2 Å². The Balaban J connectivity index is 0.00000196. The van der Waals surface area contributed by atoms with E-state index in [-0.39, 0.29) is 24.9 Å². The van der Waals surface area contributed by atoms with Gasteiger partial charge in [-0.15, -0.1) is 12.4 Å². The Morgan fingerprint density at radius 2 is 2.20 bits per heavy atom. The lowest BCUT2D eigenvalue weighted by Crippen LogP contribution is -2.39. The molecule has 0 aromatic carbocycles. The molecule has 0 aromatic heterocycles. The fraction of sp³-hybridized carbons (Fsp3) is 0.900. The first-order chi connectivity index (χ1) is 6.69. The van der Waals surface area contributed by atoms with Crippen LogP contribution in [0.2, 0.25) is 0 Å². The van der Waals surface area contributed by atoms with Gasteiger partial charge < -0.3 is 10.6 Å². The number of likely N-dealkylation sites (N-methyl/N-ethyl adjacent to an activating group) is 1. The molecule has 1 amide bonds. The predicted octanol–water partition coefficient (Wildman–Crippen LogP) is 1.50. The van der Waals surface area contributed by atoms with E-state index in [1.165, 1.54) is 12.2 Å². The summed E-state index contributed by atoms with van der Waals surface area (Å²) >= 11 is 2.01. The molecule has 0 aliphatic heterocycles. The number of carbonyl (C=O) groups is 1. The van der Waals surface area contributed by atoms with Crippen molar-refractivity contribution in [1.82, 2.24) is 4.90 Å². The lowest BCUT2D eigenvalue weighted by Gasteiger charge is -2.24. The number of amides is 1. The number of hydrogen-bond acceptors (Lipinski definition) is 3. The highest BCUT2D eigenvalue weighted by atomic mass is 35.5. The minimum Gasteiger partial charge on any atom is -0.342 e. The molecule has 0 saturated heterocycles. The first kappa shape index (κ1) is 15.1. The molecule has 0 spiro atoms. The number of hydrogen-bond donors (Lipinski definition) is 1. The van der Waals surface area contributed by atoms with Crippen molar-refractivity contribution in [3.63, 3.8) is 0 Å². The van der Waals surface area contributed by atoms with Crippen LogP contribution in [0.5, 0.6) is 0 Å². The van der Waals surface area contributed by atoms with Gasteiger partial charge in [-0.05, 0) is 25.0 Å². The molecular weight excluding hydrogens is 232 g/mol. The summed E-state index contributed by atoms with van der Waals surface area (Å²) < 4.78 is 0. The van der Waals surface area contributed by atoms with E-state index < -0.39 is 0 Å². The maximum Gasteiger partial charge on any atom is 0.236 e. The van der Waals surface area contributed by atoms with Gasteiger partial charge in [-0.3, -0.25) is 4.79 Å². The molecule has 0 bridgehead atoms. The van der Waals surface area contributed by atoms with Crippen molar-refractivity contribution in [2.75, 3.05) is 19.3 Å². The zero-order chi connectivity index (χ0) is 10.6. The molecule has 90 valence electrons. The summed E-state index contributed by atoms with van der Waals surface area (Å²) in [7, 11) is 1.87. The molecule has 3 nitrogen and oxygen atoms in total. The summed E-state index contributed by atoms with van der Waals surface area (Å²) in [4.78, 5) is 13.2. The molecule has 0 radical (unpaired) electrons. The molecule has 2 atom stereocenters. The molecule has 1 saturated carbocycles. The van der Waals surface area contributed by atoms with Gasteiger partial charge in [0.25, 0.3) is 0 Å². The third-order valence-corrected chi connectivity index (χ3v) is 4.11. The summed E-state index contributed by atoms with van der Waals surface area (Å²) in [5, 5.41) is 0.748. The van der Waals surface area contributed by atoms with E-state index in [2.05, 4.69) is 6.92 Å². The normalized spacial score (nSPS) is 24.7. The molecule has 0 heterocycles. The van der Waals surface area contributed by atoms with Crippen molar-refractivity contribution < 1.29 is 4.79 Å². The molecule has 1 aliphatic rings. The summed E-state index contributed by atoms with van der Waals surface area (Å²) in [6.45, 7) is 2.32. The van der Waals surface area contributed by atoms with Crippen LogP contribution in [-0.4, -0.2) is 41.4 Å². The van der Waals surface area contributed by atoms with Crippen LogP contribution in [-0.2, 0) is 4.79 Å². The second-order valence-electron chi connectivity index (χ2n) is 3.75. The van der Waals surface area contributed by atoms with Gasteiger partial charge in [0.15, 0.2) is 0 Å². The van der Waals surface area contributed by atoms with Gasteiger partial charge in [-0.2, -0.15) is 11.8 Å². The molecular formula is C10H21ClN2OS. The summed E-state index contributed by atoms with van der Waals surface area (Å²) in [5.74, 6) is 1.24. The molecule has 5 heteroatoms. The minimum absolute atomic E-state index is 0. The number of carbonyl (C=O) groups excluding carboxylic acids is 1. The van der Waals surface area contributed by atoms with Crippen LogP contribution < -0.4 is 5.73 Å². The molecule has 1 fully saturated rings. The van der Waals surface area contributed by atoms with E-state index in [9.17, 15) is 4.79 Å². The first-order valence-electron chi connectivity index (χ1n) is 5.26. The monoisotopic (exact) mass is 252 g/mol. The van der Waals surface area contributed by atoms with Gasteiger partial charge in [-0.1, -0.05) is 6.92 Å². The van der Waals surface area contributed by atoms with Crippen molar-refractivity contribution in [2.45, 2.75) is 37.5 Å². The minimum atomic E-state index is 0. The van der Waals surface area contributed by atoms with E-state index in [4.69, 9.17) is 5.73 Å². The highest BCUT2D eigenvalue weighted by molar-refractivity contribution is 7.99. The Morgan fingerprint density at radius 3 is 2.73 bits per heavy atom. The quantitative estimate of drug-likeness (QED) is 0.825. The average molecular weight is 253 g/mol. The highest BCUT2D eigenvalue weighted by Crippen LogP contribution is 2.31. The van der Waals surface area contributed by atoms with Gasteiger partial charge in [0.2, 0.25) is 5.91 Å². The molecule has 1 rings (SSSR count). The van der Waals surface area contributed by atoms with Crippen LogP contribution in [0.1, 0.15) is 26.2 Å². The Morgan fingerprint density at radius 1 is 1.53 bits per heavy atom. The van der Waals surface area contributed by atoms with Crippen molar-refractivity contribution in [1.29, 1.82) is 0 Å². The zero-order valence-corrected chi connectivity index (χ0v) is 11.1. The van der Waals surface area contributed by atoms with Crippen molar-refractivity contribution in [3.8, 4) is 0 Å². The number of rotatable bonds is 4. The largest absolute Gasteiger partial charge is 0.342 e. The molecule has 0 aromatic rings. The highest BCUT2D eigenvalue weighted by Gasteiger charge is 2.29. The van der Waals surface area contributed by atoms with Crippen LogP contribution in [0.3, 0.4) is 0 Å². The lowest BCUT2D eigenvalue weighted by molar-refractivity contribution is -0.130. The van der Waals surface area contributed by atoms with Gasteiger partial charge in [0.1, 0.15) is 0 Å². The lowest BCUT2D eigenvalue weighted by atomic mass is 10.2. The smallest absolute Gasteiger partial charge is 0.236 e. The van der Waals surface area contributed by atoms with Crippen molar-refractivity contribution >= 4 is 30.1 Å². The summed E-state index contributed by atoms with van der Waals surface area (Å²) in [6, 6.07) is 0.426. The number of thioether (sulfide) groups is 1. The SMILES string of the molecule is CCSC1CCC(N(C)C(=O)CN)C1.Cl. The van der Waals surface area contributed by atoms with Gasteiger partial charge in [0.05, 0.1) is 6.54 Å². The van der Waals surface area contributed by atoms with Crippen molar-refractivity contribution in [2.24, 2.45) is 5.73 Å². The number of nitrogens with zero attached hydrogens (tertiary/aromatic N) is 1. The third-order valence-electron chi connectivity index (χ3n) is 2.87. The maximum absolute atomic E-state index is 11.4. The first-order valence-corrected chi connectivity index (χ1v) is 6.31. The number of nitrogens with two attached hydrogens (primary N) is 1. The molecule has 1 aliphatic carbocycles. The van der Waals surface area contributed by atoms with Gasteiger partial charge in [-0.25, -0.2) is 0 Å². The topological polar surface area (TPSA) is 46.3 Å². The van der Waals surface area contributed by atoms with Crippen LogP contribution in [0.15, 0.2) is 0 Å². The molecule has 2 N–H and O–H groups in total. The second kappa shape index (κ2) is 7.36. The van der Waals surface area contributed by atoms with Crippen LogP contribution in [0, 0.1) is 0 Å². The molecule has 15 heavy (non-hydrogen) atoms. The van der Waals surface area contributed by atoms with E-state index in [1.807, 2.05) is 23.7 Å². The third kappa shape index (κ3) is 4.21. The Kier molecular flexibility index (Phi) is 7.40. The van der Waals surface area contributed by atoms with Gasteiger partial charge >= 0.3 is 0 Å². The van der Waals surface area contributed by atoms with Crippen LogP contribution in [0.25, 0.3) is 0 Å². The predicted molar refractivity (Wildman–Crippen MR) is 68.6 cm³/mol. The average Bonchev–Trinajstić information content (AvgIpc) is 2.64. The van der Waals surface area contributed by atoms with Gasteiger partial charge in [0, 0.05) is 18.3 Å². The Labute approximate surface area is 103 Å². The van der Waals surface area contributed by atoms with E-state index in [0.29, 0.717) is 6.04 Å². The fourth-order valence-corrected chi connectivity index (χ4v) is 3.14. The van der Waals surface area contributed by atoms with Crippen molar-refractivity contribution in [3.05, 3.63) is 0 Å². The second-order valence-corrected chi connectivity index (χ2v) is 5.33. The number of halogens is 1. The van der Waals surface area contributed by atoms with E-state index in [1.54, 1.807) is 0 Å². The standard InChI is InChI=1S/C10H20N2OS.ClH/c1-3-14-9-5-4-8(6-9)12(2)10(13)7-11;/h8-9H,3-7,11H2,1-2H3;1H. The maximum atomic E-state index is 11.4. The summed E-state index contributed by atoms with van der Waals surface area (Å²) in [5.41, 5.74) is 5.34. The van der Waals surface area contributed by atoms with Crippen LogP contribution in [0.4, 0.5) is 0 Å². The van der Waals surface area contributed by atoms with E-state index in [0.717, 1.165) is 18.1 Å². The molecule has 2 unspecified atom stereocenters. The zero-order valence-electron chi connectivity index (χ0n) is 9.44.